The molecule has 0 aromatic carbocycles. The van der Waals surface area contributed by atoms with Crippen molar-refractivity contribution in [2.24, 2.45) is 0 Å². The molecule has 4 nitrogen and oxygen atoms in total. The van der Waals surface area contributed by atoms with Crippen LogP contribution in [0.1, 0.15) is 36.6 Å². The molecule has 1 aromatic rings. The fourth-order valence-electron chi connectivity index (χ4n) is 1.59. The van der Waals surface area contributed by atoms with Crippen LogP contribution in [0, 0.1) is 6.92 Å². The molecule has 2 N–H and O–H groups in total. The first-order valence-electron chi connectivity index (χ1n) is 6.30. The van der Waals surface area contributed by atoms with Gasteiger partial charge in [-0.25, -0.2) is 4.79 Å². The van der Waals surface area contributed by atoms with Crippen molar-refractivity contribution in [3.8, 4) is 0 Å². The minimum Gasteiger partial charge on any atom is -0.480 e. The summed E-state index contributed by atoms with van der Waals surface area (Å²) in [7, 11) is 0. The zero-order valence-corrected chi connectivity index (χ0v) is 12.0. The van der Waals surface area contributed by atoms with Gasteiger partial charge in [-0.3, -0.25) is 4.79 Å². The minimum absolute atomic E-state index is 0.365. The smallest absolute Gasteiger partial charge is 0.326 e. The largest absolute Gasteiger partial charge is 0.480 e. The first kappa shape index (κ1) is 15.4. The number of unbranched alkanes of at least 4 members (excludes halogenated alkanes) is 1. The van der Waals surface area contributed by atoms with Crippen LogP contribution in [-0.2, 0) is 9.59 Å². The van der Waals surface area contributed by atoms with Gasteiger partial charge < -0.3 is 10.4 Å². The van der Waals surface area contributed by atoms with Crippen LogP contribution in [0.25, 0.3) is 6.08 Å². The van der Waals surface area contributed by atoms with Gasteiger partial charge in [0.15, 0.2) is 0 Å². The molecule has 19 heavy (non-hydrogen) atoms. The van der Waals surface area contributed by atoms with E-state index in [-0.39, 0.29) is 5.91 Å². The third-order valence-corrected chi connectivity index (χ3v) is 3.73. The second kappa shape index (κ2) is 7.74. The van der Waals surface area contributed by atoms with E-state index in [0.29, 0.717) is 6.42 Å². The molecule has 1 unspecified atom stereocenters. The van der Waals surface area contributed by atoms with Gasteiger partial charge in [0.2, 0.25) is 5.91 Å². The lowest BCUT2D eigenvalue weighted by Gasteiger charge is -2.12. The molecule has 0 saturated carbocycles. The van der Waals surface area contributed by atoms with Gasteiger partial charge in [-0.15, -0.1) is 11.3 Å². The Kier molecular flexibility index (Phi) is 6.29. The number of amides is 1. The maximum Gasteiger partial charge on any atom is 0.326 e. The summed E-state index contributed by atoms with van der Waals surface area (Å²) >= 11 is 1.55. The summed E-state index contributed by atoms with van der Waals surface area (Å²) in [6.45, 7) is 3.95. The maximum atomic E-state index is 11.7. The highest BCUT2D eigenvalue weighted by Gasteiger charge is 2.17. The van der Waals surface area contributed by atoms with E-state index in [4.69, 9.17) is 5.11 Å². The quantitative estimate of drug-likeness (QED) is 0.755. The number of aliphatic carboxylic acids is 1. The maximum absolute atomic E-state index is 11.7. The highest BCUT2D eigenvalue weighted by Crippen LogP contribution is 2.16. The molecule has 0 aliphatic heterocycles. The molecule has 0 aliphatic rings. The molecule has 5 heteroatoms. The predicted octanol–water partition coefficient (Wildman–Crippen LogP) is 2.83. The van der Waals surface area contributed by atoms with Crippen molar-refractivity contribution in [1.29, 1.82) is 0 Å². The van der Waals surface area contributed by atoms with Crippen LogP contribution < -0.4 is 5.32 Å². The Morgan fingerprint density at radius 3 is 2.79 bits per heavy atom. The minimum atomic E-state index is -0.984. The summed E-state index contributed by atoms with van der Waals surface area (Å²) in [5.41, 5.74) is 1.11. The van der Waals surface area contributed by atoms with Gasteiger partial charge in [-0.05, 0) is 36.4 Å². The Morgan fingerprint density at radius 2 is 2.26 bits per heavy atom. The average molecular weight is 281 g/mol. The summed E-state index contributed by atoms with van der Waals surface area (Å²) in [4.78, 5) is 23.7. The number of aryl methyl sites for hydroxylation is 1. The Hall–Kier alpha value is -1.62. The molecule has 104 valence electrons. The molecule has 0 fully saturated rings. The number of nitrogens with one attached hydrogen (secondary N) is 1. The van der Waals surface area contributed by atoms with E-state index in [1.807, 2.05) is 25.3 Å². The Morgan fingerprint density at radius 1 is 1.53 bits per heavy atom. The Labute approximate surface area is 117 Å². The highest BCUT2D eigenvalue weighted by molar-refractivity contribution is 7.11. The number of hydrogen-bond acceptors (Lipinski definition) is 3. The van der Waals surface area contributed by atoms with Crippen LogP contribution >= 0.6 is 11.3 Å². The summed E-state index contributed by atoms with van der Waals surface area (Å²) in [5, 5.41) is 13.5. The van der Waals surface area contributed by atoms with Gasteiger partial charge >= 0.3 is 5.97 Å². The monoisotopic (exact) mass is 281 g/mol. The SMILES string of the molecule is CCCCC(NC(=O)/C=C/c1sccc1C)C(=O)O. The fourth-order valence-corrected chi connectivity index (χ4v) is 2.41. The van der Waals surface area contributed by atoms with Crippen LogP contribution in [0.3, 0.4) is 0 Å². The van der Waals surface area contributed by atoms with E-state index in [9.17, 15) is 9.59 Å². The summed E-state index contributed by atoms with van der Waals surface area (Å²) < 4.78 is 0. The lowest BCUT2D eigenvalue weighted by molar-refractivity contribution is -0.141. The first-order chi connectivity index (χ1) is 9.04. The van der Waals surface area contributed by atoms with Gasteiger partial charge in [0.1, 0.15) is 6.04 Å². The Bertz CT molecular complexity index is 465. The summed E-state index contributed by atoms with van der Waals surface area (Å²) in [6, 6.07) is 1.17. The number of carboxylic acid groups (broad SMARTS) is 1. The third kappa shape index (κ3) is 5.26. The van der Waals surface area contributed by atoms with Crippen LogP contribution in [0.5, 0.6) is 0 Å². The lowest BCUT2D eigenvalue weighted by Crippen LogP contribution is -2.39. The van der Waals surface area contributed by atoms with Gasteiger partial charge in [-0.2, -0.15) is 0 Å². The molecule has 0 spiro atoms. The average Bonchev–Trinajstić information content (AvgIpc) is 2.77. The molecular formula is C14H19NO3S. The zero-order chi connectivity index (χ0) is 14.3. The summed E-state index contributed by atoms with van der Waals surface area (Å²) in [6.07, 6.45) is 5.26. The Balaban J connectivity index is 2.55. The molecule has 0 bridgehead atoms. The number of rotatable bonds is 7. The van der Waals surface area contributed by atoms with Crippen LogP contribution in [0.4, 0.5) is 0 Å². The van der Waals surface area contributed by atoms with E-state index in [2.05, 4.69) is 5.32 Å². The topological polar surface area (TPSA) is 66.4 Å². The van der Waals surface area contributed by atoms with E-state index in [1.54, 1.807) is 17.4 Å². The molecule has 1 aromatic heterocycles. The standard InChI is InChI=1S/C14H19NO3S/c1-3-4-5-11(14(17)18)15-13(16)7-6-12-10(2)8-9-19-12/h6-9,11H,3-5H2,1-2H3,(H,15,16)(H,17,18)/b7-6+. The molecule has 0 aliphatic carbocycles. The van der Waals surface area contributed by atoms with E-state index in [0.717, 1.165) is 23.3 Å². The lowest BCUT2D eigenvalue weighted by atomic mass is 10.1. The predicted molar refractivity (Wildman–Crippen MR) is 77.2 cm³/mol. The molecular weight excluding hydrogens is 262 g/mol. The van der Waals surface area contributed by atoms with Crippen molar-refractivity contribution in [3.63, 3.8) is 0 Å². The number of thiophene rings is 1. The van der Waals surface area contributed by atoms with Gasteiger partial charge in [0.25, 0.3) is 0 Å². The molecule has 1 heterocycles. The van der Waals surface area contributed by atoms with Crippen molar-refractivity contribution in [1.82, 2.24) is 5.32 Å². The van der Waals surface area contributed by atoms with Gasteiger partial charge in [0.05, 0.1) is 0 Å². The fraction of sp³-hybridized carbons (Fsp3) is 0.429. The molecule has 0 radical (unpaired) electrons. The van der Waals surface area contributed by atoms with Gasteiger partial charge in [0, 0.05) is 11.0 Å². The van der Waals surface area contributed by atoms with Crippen LogP contribution in [-0.4, -0.2) is 23.0 Å². The second-order valence-electron chi connectivity index (χ2n) is 4.34. The highest BCUT2D eigenvalue weighted by atomic mass is 32.1. The van der Waals surface area contributed by atoms with Crippen LogP contribution in [0.2, 0.25) is 0 Å². The normalized spacial score (nSPS) is 12.5. The van der Waals surface area contributed by atoms with Gasteiger partial charge in [-0.1, -0.05) is 19.8 Å². The van der Waals surface area contributed by atoms with Crippen molar-refractivity contribution in [2.45, 2.75) is 39.2 Å². The summed E-state index contributed by atoms with van der Waals surface area (Å²) in [5.74, 6) is -1.35. The van der Waals surface area contributed by atoms with E-state index < -0.39 is 12.0 Å². The van der Waals surface area contributed by atoms with E-state index >= 15 is 0 Å². The zero-order valence-electron chi connectivity index (χ0n) is 11.2. The third-order valence-electron chi connectivity index (χ3n) is 2.75. The first-order valence-corrected chi connectivity index (χ1v) is 7.18. The molecule has 1 amide bonds. The second-order valence-corrected chi connectivity index (χ2v) is 5.29. The van der Waals surface area contributed by atoms with Crippen molar-refractivity contribution < 1.29 is 14.7 Å². The van der Waals surface area contributed by atoms with Crippen molar-refractivity contribution in [2.75, 3.05) is 0 Å². The molecule has 0 saturated heterocycles. The van der Waals surface area contributed by atoms with E-state index in [1.165, 1.54) is 6.08 Å². The molecule has 1 rings (SSSR count). The number of carbonyl (C=O) groups excluding carboxylic acids is 1. The number of carbonyl (C=O) groups is 2. The van der Waals surface area contributed by atoms with Crippen LogP contribution in [0.15, 0.2) is 17.5 Å². The van der Waals surface area contributed by atoms with Crippen molar-refractivity contribution >= 4 is 29.3 Å². The number of hydrogen-bond donors (Lipinski definition) is 2. The van der Waals surface area contributed by atoms with Crippen molar-refractivity contribution in [3.05, 3.63) is 28.0 Å². The number of carboxylic acids is 1. The molecule has 1 atom stereocenters.